The van der Waals surface area contributed by atoms with E-state index >= 15 is 0 Å². The molecule has 0 radical (unpaired) electrons. The van der Waals surface area contributed by atoms with E-state index in [1.54, 1.807) is 24.3 Å². The first-order valence-corrected chi connectivity index (χ1v) is 11.0. The second-order valence-electron chi connectivity index (χ2n) is 7.72. The van der Waals surface area contributed by atoms with Crippen LogP contribution in [0.15, 0.2) is 30.3 Å². The van der Waals surface area contributed by atoms with Gasteiger partial charge in [-0.15, -0.1) is 0 Å². The number of amides is 3. The second kappa shape index (κ2) is 13.4. The molecule has 0 aliphatic carbocycles. The molecule has 15 heteroatoms. The van der Waals surface area contributed by atoms with Gasteiger partial charge in [-0.3, -0.25) is 24.0 Å². The molecular weight excluding hydrogens is 542 g/mol. The molecule has 0 aliphatic rings. The Hall–Kier alpha value is -4.20. The maximum Gasteiger partial charge on any atom is 0.309 e. The summed E-state index contributed by atoms with van der Waals surface area (Å²) in [7, 11) is 0. The van der Waals surface area contributed by atoms with Gasteiger partial charge in [-0.05, 0) is 24.6 Å². The van der Waals surface area contributed by atoms with E-state index in [1.807, 2.05) is 5.32 Å². The first kappa shape index (κ1) is 30.0. The maximum absolute atomic E-state index is 13.7. The quantitative estimate of drug-likeness (QED) is 0.185. The molecule has 0 bridgehead atoms. The van der Waals surface area contributed by atoms with Crippen molar-refractivity contribution >= 4 is 41.1 Å². The number of nitrogens with one attached hydrogen (secondary N) is 3. The lowest BCUT2D eigenvalue weighted by atomic mass is 10.1. The summed E-state index contributed by atoms with van der Waals surface area (Å²) in [6.07, 6.45) is -1.02. The molecule has 3 amide bonds. The van der Waals surface area contributed by atoms with Crippen molar-refractivity contribution in [2.45, 2.75) is 32.0 Å². The summed E-state index contributed by atoms with van der Waals surface area (Å²) >= 11 is 5.76. The number of rotatable bonds is 11. The molecule has 2 rings (SSSR count). The number of carboxylic acids is 1. The summed E-state index contributed by atoms with van der Waals surface area (Å²) in [4.78, 5) is 60.0. The first-order chi connectivity index (χ1) is 17.8. The van der Waals surface area contributed by atoms with E-state index in [4.69, 9.17) is 16.7 Å². The normalized spacial score (nSPS) is 12.2. The van der Waals surface area contributed by atoms with E-state index in [9.17, 15) is 41.5 Å². The number of carbonyl (C=O) groups excluding carboxylic acids is 4. The molecule has 204 valence electrons. The molecule has 0 unspecified atom stereocenters. The monoisotopic (exact) mass is 561 g/mol. The predicted molar refractivity (Wildman–Crippen MR) is 122 cm³/mol. The van der Waals surface area contributed by atoms with Gasteiger partial charge in [0.25, 0.3) is 0 Å². The van der Waals surface area contributed by atoms with Gasteiger partial charge in [-0.25, -0.2) is 8.78 Å². The van der Waals surface area contributed by atoms with Gasteiger partial charge in [0.1, 0.15) is 18.7 Å². The Kier molecular flexibility index (Phi) is 10.6. The van der Waals surface area contributed by atoms with Crippen molar-refractivity contribution in [1.29, 1.82) is 0 Å². The van der Waals surface area contributed by atoms with E-state index < -0.39 is 83.6 Å². The summed E-state index contributed by atoms with van der Waals surface area (Å²) in [5, 5.41) is 15.8. The van der Waals surface area contributed by atoms with Crippen LogP contribution in [0.1, 0.15) is 18.9 Å². The summed E-state index contributed by atoms with van der Waals surface area (Å²) in [6.45, 7) is -0.183. The molecule has 0 spiro atoms. The zero-order valence-electron chi connectivity index (χ0n) is 19.4. The van der Waals surface area contributed by atoms with Crippen LogP contribution < -0.4 is 20.7 Å². The molecule has 0 fully saturated rings. The zero-order valence-corrected chi connectivity index (χ0v) is 20.2. The van der Waals surface area contributed by atoms with Crippen molar-refractivity contribution in [2.75, 3.05) is 6.61 Å². The number of aliphatic carboxylic acids is 1. The van der Waals surface area contributed by atoms with E-state index in [1.165, 1.54) is 0 Å². The number of hydrogen-bond donors (Lipinski definition) is 4. The Morgan fingerprint density at radius 1 is 0.947 bits per heavy atom. The van der Waals surface area contributed by atoms with E-state index in [0.717, 1.165) is 6.92 Å². The van der Waals surface area contributed by atoms with Crippen molar-refractivity contribution in [3.63, 3.8) is 0 Å². The smallest absolute Gasteiger partial charge is 0.309 e. The van der Waals surface area contributed by atoms with Crippen LogP contribution in [0.5, 0.6) is 5.75 Å². The number of carbonyl (C=O) groups is 5. The molecule has 2 aromatic rings. The number of ether oxygens (including phenoxy) is 1. The number of halogens is 5. The number of hydrogen-bond acceptors (Lipinski definition) is 6. The lowest BCUT2D eigenvalue weighted by Crippen LogP contribution is -2.53. The van der Waals surface area contributed by atoms with Gasteiger partial charge < -0.3 is 25.8 Å². The fourth-order valence-corrected chi connectivity index (χ4v) is 2.96. The average molecular weight is 562 g/mol. The fourth-order valence-electron chi connectivity index (χ4n) is 2.83. The number of ketones is 1. The van der Waals surface area contributed by atoms with E-state index in [2.05, 4.69) is 15.4 Å². The molecule has 38 heavy (non-hydrogen) atoms. The predicted octanol–water partition coefficient (Wildman–Crippen LogP) is 1.62. The van der Waals surface area contributed by atoms with Gasteiger partial charge in [-0.1, -0.05) is 23.7 Å². The van der Waals surface area contributed by atoms with Crippen LogP contribution in [0, 0.1) is 23.3 Å². The van der Waals surface area contributed by atoms with Crippen LogP contribution in [0.4, 0.5) is 17.6 Å². The second-order valence-corrected chi connectivity index (χ2v) is 8.15. The van der Waals surface area contributed by atoms with Crippen LogP contribution in [0.2, 0.25) is 5.02 Å². The Labute approximate surface area is 217 Å². The fraction of sp³-hybridized carbons (Fsp3) is 0.261. The molecule has 10 nitrogen and oxygen atoms in total. The van der Waals surface area contributed by atoms with Gasteiger partial charge in [-0.2, -0.15) is 8.78 Å². The van der Waals surface area contributed by atoms with Crippen molar-refractivity contribution in [3.8, 4) is 5.75 Å². The lowest BCUT2D eigenvalue weighted by molar-refractivity contribution is -0.142. The summed E-state index contributed by atoms with van der Waals surface area (Å²) in [6, 6.07) is 2.99. The SMILES string of the molecule is C[C@@H](NC(=O)C(=O)NCc1ccc(Cl)cc1)C(=O)N[C@@H](CC(=O)O)C(=O)COc1c(F)c(F)cc(F)c1F. The molecule has 2 aromatic carbocycles. The van der Waals surface area contributed by atoms with Crippen LogP contribution >= 0.6 is 11.6 Å². The molecule has 4 N–H and O–H groups in total. The van der Waals surface area contributed by atoms with Crippen molar-refractivity contribution in [1.82, 2.24) is 16.0 Å². The third-order valence-electron chi connectivity index (χ3n) is 4.83. The van der Waals surface area contributed by atoms with Crippen LogP contribution in [-0.2, 0) is 30.5 Å². The molecule has 0 heterocycles. The Balaban J connectivity index is 1.97. The van der Waals surface area contributed by atoms with Crippen LogP contribution in [0.3, 0.4) is 0 Å². The Bertz CT molecular complexity index is 1220. The summed E-state index contributed by atoms with van der Waals surface area (Å²) in [5.74, 6) is -15.2. The molecule has 0 aliphatic heterocycles. The van der Waals surface area contributed by atoms with Crippen molar-refractivity contribution in [3.05, 3.63) is 64.2 Å². The standard InChI is InChI=1S/C23H20ClF4N3O7/c1-10(30-23(37)22(36)29-8-11-2-4-12(24)5-3-11)21(35)31-15(7-17(33)34)16(32)9-38-20-18(27)13(25)6-14(26)19(20)28/h2-6,10,15H,7-9H2,1H3,(H,29,36)(H,30,37)(H,31,35)(H,33,34)/t10-,15+/m1/s1. The third-order valence-corrected chi connectivity index (χ3v) is 5.08. The molecular formula is C23H20ClF4N3O7. The van der Waals surface area contributed by atoms with Gasteiger partial charge in [0.2, 0.25) is 17.5 Å². The van der Waals surface area contributed by atoms with Crippen LogP contribution in [0.25, 0.3) is 0 Å². The zero-order chi connectivity index (χ0) is 28.6. The van der Waals surface area contributed by atoms with Gasteiger partial charge >= 0.3 is 17.8 Å². The van der Waals surface area contributed by atoms with Crippen molar-refractivity contribution < 1.29 is 51.4 Å². The van der Waals surface area contributed by atoms with Gasteiger partial charge in [0.15, 0.2) is 23.2 Å². The lowest BCUT2D eigenvalue weighted by Gasteiger charge is -2.20. The highest BCUT2D eigenvalue weighted by atomic mass is 35.5. The van der Waals surface area contributed by atoms with Gasteiger partial charge in [0.05, 0.1) is 6.42 Å². The number of carboxylic acid groups (broad SMARTS) is 1. The Morgan fingerprint density at radius 2 is 1.53 bits per heavy atom. The maximum atomic E-state index is 13.7. The van der Waals surface area contributed by atoms with Crippen LogP contribution in [-0.4, -0.2) is 53.3 Å². The van der Waals surface area contributed by atoms with E-state index in [0.29, 0.717) is 10.6 Å². The topological polar surface area (TPSA) is 151 Å². The largest absolute Gasteiger partial charge is 0.481 e. The minimum atomic E-state index is -1.93. The number of benzene rings is 2. The minimum absolute atomic E-state index is 0.0322. The molecule has 2 atom stereocenters. The summed E-state index contributed by atoms with van der Waals surface area (Å²) in [5.41, 5.74) is 0.624. The number of Topliss-reactive ketones (excluding diaryl/α,β-unsaturated/α-hetero) is 1. The van der Waals surface area contributed by atoms with E-state index in [-0.39, 0.29) is 12.6 Å². The third kappa shape index (κ3) is 8.44. The highest BCUT2D eigenvalue weighted by Crippen LogP contribution is 2.26. The molecule has 0 aromatic heterocycles. The van der Waals surface area contributed by atoms with Gasteiger partial charge in [0, 0.05) is 17.6 Å². The van der Waals surface area contributed by atoms with Crippen molar-refractivity contribution in [2.24, 2.45) is 0 Å². The molecule has 0 saturated heterocycles. The minimum Gasteiger partial charge on any atom is -0.481 e. The average Bonchev–Trinajstić information content (AvgIpc) is 2.85. The summed E-state index contributed by atoms with van der Waals surface area (Å²) < 4.78 is 58.5. The first-order valence-electron chi connectivity index (χ1n) is 10.6. The highest BCUT2D eigenvalue weighted by molar-refractivity contribution is 6.35. The molecule has 0 saturated carbocycles. The Morgan fingerprint density at radius 3 is 2.08 bits per heavy atom. The highest BCUT2D eigenvalue weighted by Gasteiger charge is 2.29.